The number of nitrogens with one attached hydrogen (secondary N) is 1. The van der Waals surface area contributed by atoms with Crippen molar-refractivity contribution >= 4 is 5.91 Å². The minimum Gasteiger partial charge on any atom is -0.496 e. The number of benzene rings is 2. The highest BCUT2D eigenvalue weighted by Crippen LogP contribution is 2.16. The van der Waals surface area contributed by atoms with Gasteiger partial charge in [0.05, 0.1) is 18.7 Å². The summed E-state index contributed by atoms with van der Waals surface area (Å²) in [4.78, 5) is 11.8. The first-order chi connectivity index (χ1) is 10.7. The molecule has 0 heterocycles. The summed E-state index contributed by atoms with van der Waals surface area (Å²) in [6.07, 6.45) is 0. The van der Waals surface area contributed by atoms with Gasteiger partial charge in [0, 0.05) is 12.1 Å². The topological polar surface area (TPSA) is 71.3 Å². The molecule has 5 heteroatoms. The molecule has 0 aliphatic rings. The molecule has 0 unspecified atom stereocenters. The second kappa shape index (κ2) is 7.70. The maximum atomic E-state index is 11.8. The maximum Gasteiger partial charge on any atom is 0.258 e. The van der Waals surface area contributed by atoms with Crippen molar-refractivity contribution in [1.82, 2.24) is 5.32 Å². The molecule has 2 aromatic carbocycles. The highest BCUT2D eigenvalue weighted by Gasteiger charge is 2.06. The number of hydrogen-bond acceptors (Lipinski definition) is 4. The number of carbonyl (C=O) groups excluding carboxylic acids is 1. The summed E-state index contributed by atoms with van der Waals surface area (Å²) < 4.78 is 10.6. The van der Waals surface area contributed by atoms with Crippen LogP contribution in [0.15, 0.2) is 48.5 Å². The van der Waals surface area contributed by atoms with Crippen molar-refractivity contribution in [3.8, 4) is 17.6 Å². The van der Waals surface area contributed by atoms with E-state index >= 15 is 0 Å². The highest BCUT2D eigenvalue weighted by molar-refractivity contribution is 5.77. The number of hydrogen-bond donors (Lipinski definition) is 1. The fourth-order valence-electron chi connectivity index (χ4n) is 1.87. The lowest BCUT2D eigenvalue weighted by Gasteiger charge is -2.10. The fourth-order valence-corrected chi connectivity index (χ4v) is 1.87. The number of rotatable bonds is 6. The molecular formula is C17H16N2O3. The third-order valence-electron chi connectivity index (χ3n) is 3.02. The first kappa shape index (κ1) is 15.4. The Morgan fingerprint density at radius 2 is 1.91 bits per heavy atom. The molecule has 0 aromatic heterocycles. The molecule has 5 nitrogen and oxygen atoms in total. The first-order valence-electron chi connectivity index (χ1n) is 6.74. The van der Waals surface area contributed by atoms with Crippen molar-refractivity contribution in [1.29, 1.82) is 5.26 Å². The standard InChI is InChI=1S/C17H16N2O3/c1-21-16-5-3-2-4-14(16)11-19-17(20)12-22-15-8-6-13(10-18)7-9-15/h2-9H,11-12H2,1H3,(H,19,20). The molecule has 0 radical (unpaired) electrons. The molecule has 0 aliphatic carbocycles. The second-order valence-electron chi connectivity index (χ2n) is 4.51. The zero-order chi connectivity index (χ0) is 15.8. The van der Waals surface area contributed by atoms with E-state index in [1.54, 1.807) is 31.4 Å². The zero-order valence-electron chi connectivity index (χ0n) is 12.2. The Hall–Kier alpha value is -3.00. The second-order valence-corrected chi connectivity index (χ2v) is 4.51. The Labute approximate surface area is 129 Å². The van der Waals surface area contributed by atoms with Crippen molar-refractivity contribution < 1.29 is 14.3 Å². The maximum absolute atomic E-state index is 11.8. The highest BCUT2D eigenvalue weighted by atomic mass is 16.5. The Bertz CT molecular complexity index is 675. The molecule has 0 fully saturated rings. The average molecular weight is 296 g/mol. The van der Waals surface area contributed by atoms with Gasteiger partial charge >= 0.3 is 0 Å². The number of methoxy groups -OCH3 is 1. The van der Waals surface area contributed by atoms with Crippen molar-refractivity contribution in [3.63, 3.8) is 0 Å². The Balaban J connectivity index is 1.81. The molecule has 1 N–H and O–H groups in total. The quantitative estimate of drug-likeness (QED) is 0.887. The summed E-state index contributed by atoms with van der Waals surface area (Å²) in [6.45, 7) is 0.292. The van der Waals surface area contributed by atoms with Crippen LogP contribution in [0.25, 0.3) is 0 Å². The van der Waals surface area contributed by atoms with Crippen LogP contribution in [0.4, 0.5) is 0 Å². The van der Waals surface area contributed by atoms with Gasteiger partial charge in [0.15, 0.2) is 6.61 Å². The van der Waals surface area contributed by atoms with Gasteiger partial charge in [-0.15, -0.1) is 0 Å². The van der Waals surface area contributed by atoms with E-state index in [1.165, 1.54) is 0 Å². The minimum atomic E-state index is -0.227. The van der Waals surface area contributed by atoms with E-state index in [0.717, 1.165) is 11.3 Å². The van der Waals surface area contributed by atoms with Crippen molar-refractivity contribution in [2.24, 2.45) is 0 Å². The predicted octanol–water partition coefficient (Wildman–Crippen LogP) is 2.26. The molecule has 112 valence electrons. The summed E-state index contributed by atoms with van der Waals surface area (Å²) >= 11 is 0. The van der Waals surface area contributed by atoms with E-state index in [0.29, 0.717) is 17.9 Å². The predicted molar refractivity (Wildman–Crippen MR) is 81.5 cm³/mol. The molecule has 2 rings (SSSR count). The van der Waals surface area contributed by atoms with E-state index in [1.807, 2.05) is 30.3 Å². The number of carbonyl (C=O) groups is 1. The number of nitriles is 1. The minimum absolute atomic E-state index is 0.0823. The largest absolute Gasteiger partial charge is 0.496 e. The third-order valence-corrected chi connectivity index (χ3v) is 3.02. The van der Waals surface area contributed by atoms with E-state index in [2.05, 4.69) is 5.32 Å². The first-order valence-corrected chi connectivity index (χ1v) is 6.74. The molecule has 0 spiro atoms. The summed E-state index contributed by atoms with van der Waals surface area (Å²) in [6, 6.07) is 16.1. The van der Waals surface area contributed by atoms with E-state index in [-0.39, 0.29) is 12.5 Å². The monoisotopic (exact) mass is 296 g/mol. The molecule has 0 saturated heterocycles. The molecule has 0 aliphatic heterocycles. The summed E-state index contributed by atoms with van der Waals surface area (Å²) in [5.74, 6) is 1.05. The summed E-state index contributed by atoms with van der Waals surface area (Å²) in [5, 5.41) is 11.5. The summed E-state index contributed by atoms with van der Waals surface area (Å²) in [7, 11) is 1.59. The Morgan fingerprint density at radius 1 is 1.18 bits per heavy atom. The van der Waals surface area contributed by atoms with Gasteiger partial charge in [-0.3, -0.25) is 4.79 Å². The Kier molecular flexibility index (Phi) is 5.38. The van der Waals surface area contributed by atoms with Crippen molar-refractivity contribution in [2.75, 3.05) is 13.7 Å². The number of para-hydroxylation sites is 1. The number of amides is 1. The third kappa shape index (κ3) is 4.25. The van der Waals surface area contributed by atoms with Crippen LogP contribution in [-0.4, -0.2) is 19.6 Å². The van der Waals surface area contributed by atoms with Crippen LogP contribution >= 0.6 is 0 Å². The fraction of sp³-hybridized carbons (Fsp3) is 0.176. The van der Waals surface area contributed by atoms with Crippen LogP contribution in [0, 0.1) is 11.3 Å². The van der Waals surface area contributed by atoms with E-state index in [4.69, 9.17) is 14.7 Å². The van der Waals surface area contributed by atoms with E-state index < -0.39 is 0 Å². The van der Waals surface area contributed by atoms with Gasteiger partial charge in [0.1, 0.15) is 11.5 Å². The van der Waals surface area contributed by atoms with Crippen LogP contribution in [0.2, 0.25) is 0 Å². The average Bonchev–Trinajstić information content (AvgIpc) is 2.58. The number of ether oxygens (including phenoxy) is 2. The Morgan fingerprint density at radius 3 is 2.59 bits per heavy atom. The SMILES string of the molecule is COc1ccccc1CNC(=O)COc1ccc(C#N)cc1. The van der Waals surface area contributed by atoms with Gasteiger partial charge in [0.25, 0.3) is 5.91 Å². The number of nitrogens with zero attached hydrogens (tertiary/aromatic N) is 1. The molecule has 22 heavy (non-hydrogen) atoms. The van der Waals surface area contributed by atoms with Crippen molar-refractivity contribution in [3.05, 3.63) is 59.7 Å². The van der Waals surface area contributed by atoms with Crippen LogP contribution in [0.3, 0.4) is 0 Å². The lowest BCUT2D eigenvalue weighted by Crippen LogP contribution is -2.28. The molecule has 2 aromatic rings. The molecule has 0 bridgehead atoms. The summed E-state index contributed by atoms with van der Waals surface area (Å²) in [5.41, 5.74) is 1.45. The molecular weight excluding hydrogens is 280 g/mol. The molecule has 1 amide bonds. The van der Waals surface area contributed by atoms with Gasteiger partial charge in [-0.1, -0.05) is 18.2 Å². The molecule has 0 atom stereocenters. The normalized spacial score (nSPS) is 9.64. The van der Waals surface area contributed by atoms with Crippen LogP contribution in [-0.2, 0) is 11.3 Å². The zero-order valence-corrected chi connectivity index (χ0v) is 12.2. The lowest BCUT2D eigenvalue weighted by molar-refractivity contribution is -0.123. The van der Waals surface area contributed by atoms with Crippen LogP contribution in [0.5, 0.6) is 11.5 Å². The van der Waals surface area contributed by atoms with Crippen molar-refractivity contribution in [2.45, 2.75) is 6.54 Å². The van der Waals surface area contributed by atoms with Gasteiger partial charge in [-0.05, 0) is 30.3 Å². The van der Waals surface area contributed by atoms with Gasteiger partial charge in [-0.2, -0.15) is 5.26 Å². The molecule has 0 saturated carbocycles. The van der Waals surface area contributed by atoms with Crippen LogP contribution < -0.4 is 14.8 Å². The lowest BCUT2D eigenvalue weighted by atomic mass is 10.2. The van der Waals surface area contributed by atoms with Gasteiger partial charge < -0.3 is 14.8 Å². The van der Waals surface area contributed by atoms with Gasteiger partial charge in [0.2, 0.25) is 0 Å². The van der Waals surface area contributed by atoms with E-state index in [9.17, 15) is 4.79 Å². The smallest absolute Gasteiger partial charge is 0.258 e. The van der Waals surface area contributed by atoms with Gasteiger partial charge in [-0.25, -0.2) is 0 Å². The van der Waals surface area contributed by atoms with Crippen LogP contribution in [0.1, 0.15) is 11.1 Å².